The lowest BCUT2D eigenvalue weighted by molar-refractivity contribution is -0.139. The maximum absolute atomic E-state index is 12.2. The summed E-state index contributed by atoms with van der Waals surface area (Å²) < 4.78 is 0. The van der Waals surface area contributed by atoms with E-state index in [-0.39, 0.29) is 25.4 Å². The molecule has 0 saturated heterocycles. The normalized spacial score (nSPS) is 15.3. The lowest BCUT2D eigenvalue weighted by atomic mass is 9.89. The summed E-state index contributed by atoms with van der Waals surface area (Å²) in [4.78, 5) is 23.4. The number of aryl methyl sites for hydroxylation is 2. The highest BCUT2D eigenvalue weighted by Crippen LogP contribution is 2.22. The van der Waals surface area contributed by atoms with Gasteiger partial charge in [-0.15, -0.1) is 0 Å². The monoisotopic (exact) mass is 291 g/mol. The zero-order valence-corrected chi connectivity index (χ0v) is 12.0. The van der Waals surface area contributed by atoms with Crippen molar-refractivity contribution in [2.45, 2.75) is 38.1 Å². The van der Waals surface area contributed by atoms with Gasteiger partial charge < -0.3 is 15.5 Å². The van der Waals surface area contributed by atoms with Crippen LogP contribution >= 0.6 is 0 Å². The highest BCUT2D eigenvalue weighted by atomic mass is 16.4. The Bertz CT molecular complexity index is 527. The third kappa shape index (κ3) is 4.12. The van der Waals surface area contributed by atoms with Crippen LogP contribution in [0.3, 0.4) is 0 Å². The van der Waals surface area contributed by atoms with Crippen LogP contribution < -0.4 is 5.32 Å². The molecule has 0 spiro atoms. The second kappa shape index (κ2) is 7.33. The van der Waals surface area contributed by atoms with Gasteiger partial charge in [0.2, 0.25) is 0 Å². The number of nitrogens with one attached hydrogen (secondary N) is 1. The summed E-state index contributed by atoms with van der Waals surface area (Å²) in [6, 6.07) is 4.72. The number of aliphatic carboxylic acids is 1. The lowest BCUT2D eigenvalue weighted by Gasteiger charge is -2.17. The van der Waals surface area contributed by atoms with Crippen LogP contribution in [0.15, 0.2) is 18.2 Å². The van der Waals surface area contributed by atoms with Crippen LogP contribution in [0.1, 0.15) is 40.7 Å². The van der Waals surface area contributed by atoms with Crippen molar-refractivity contribution < 1.29 is 19.8 Å². The molecular weight excluding hydrogens is 270 g/mol. The highest BCUT2D eigenvalue weighted by Gasteiger charge is 2.22. The van der Waals surface area contributed by atoms with Gasteiger partial charge in [-0.1, -0.05) is 12.1 Å². The molecule has 0 fully saturated rings. The van der Waals surface area contributed by atoms with Gasteiger partial charge in [0.05, 0.1) is 6.61 Å². The summed E-state index contributed by atoms with van der Waals surface area (Å²) in [6.45, 7) is 0.00521. The fraction of sp³-hybridized carbons (Fsp3) is 0.500. The molecule has 0 aliphatic heterocycles. The van der Waals surface area contributed by atoms with E-state index in [1.807, 2.05) is 12.1 Å². The average Bonchev–Trinajstić information content (AvgIpc) is 2.50. The van der Waals surface area contributed by atoms with Crippen molar-refractivity contribution in [1.29, 1.82) is 0 Å². The number of rotatable bonds is 7. The van der Waals surface area contributed by atoms with Gasteiger partial charge in [0.25, 0.3) is 0 Å². The number of carbonyl (C=O) groups is 2. The predicted molar refractivity (Wildman–Crippen MR) is 78.5 cm³/mol. The molecule has 0 unspecified atom stereocenters. The molecule has 0 amide bonds. The van der Waals surface area contributed by atoms with Crippen molar-refractivity contribution >= 4 is 11.8 Å². The van der Waals surface area contributed by atoms with Crippen LogP contribution in [0.5, 0.6) is 0 Å². The van der Waals surface area contributed by atoms with Gasteiger partial charge in [-0.25, -0.2) is 0 Å². The number of carboxylic acids is 1. The Morgan fingerprint density at radius 2 is 1.90 bits per heavy atom. The van der Waals surface area contributed by atoms with Crippen LogP contribution in [-0.4, -0.2) is 41.2 Å². The van der Waals surface area contributed by atoms with E-state index in [4.69, 9.17) is 10.2 Å². The van der Waals surface area contributed by atoms with E-state index in [9.17, 15) is 9.59 Å². The molecule has 1 aliphatic rings. The van der Waals surface area contributed by atoms with E-state index in [2.05, 4.69) is 5.32 Å². The molecule has 0 heterocycles. The van der Waals surface area contributed by atoms with Crippen molar-refractivity contribution in [3.63, 3.8) is 0 Å². The first-order valence-electron chi connectivity index (χ1n) is 7.34. The molecule has 0 radical (unpaired) electrons. The molecule has 2 rings (SSSR count). The molecule has 0 aromatic heterocycles. The first kappa shape index (κ1) is 15.7. The molecule has 1 aromatic carbocycles. The predicted octanol–water partition coefficient (Wildman–Crippen LogP) is 1.17. The molecule has 1 aromatic rings. The molecule has 114 valence electrons. The summed E-state index contributed by atoms with van der Waals surface area (Å²) >= 11 is 0. The molecule has 1 aliphatic carbocycles. The molecule has 1 atom stereocenters. The molecular formula is C16H21NO4. The summed E-state index contributed by atoms with van der Waals surface area (Å²) in [5.41, 5.74) is 3.08. The lowest BCUT2D eigenvalue weighted by Crippen LogP contribution is -2.40. The SMILES string of the molecule is O=C(C[C@@H](NCCO)C(=O)O)c1ccc2c(c1)CCCC2. The van der Waals surface area contributed by atoms with Gasteiger partial charge >= 0.3 is 5.97 Å². The third-order valence-electron chi connectivity index (χ3n) is 3.86. The van der Waals surface area contributed by atoms with Crippen LogP contribution in [-0.2, 0) is 17.6 Å². The Balaban J connectivity index is 2.06. The molecule has 3 N–H and O–H groups in total. The zero-order valence-electron chi connectivity index (χ0n) is 12.0. The minimum Gasteiger partial charge on any atom is -0.480 e. The van der Waals surface area contributed by atoms with Gasteiger partial charge in [0, 0.05) is 18.5 Å². The topological polar surface area (TPSA) is 86.6 Å². The number of aliphatic hydroxyl groups is 1. The van der Waals surface area contributed by atoms with E-state index in [1.54, 1.807) is 6.07 Å². The molecule has 5 nitrogen and oxygen atoms in total. The van der Waals surface area contributed by atoms with Crippen molar-refractivity contribution in [2.75, 3.05) is 13.2 Å². The van der Waals surface area contributed by atoms with Crippen molar-refractivity contribution in [3.8, 4) is 0 Å². The van der Waals surface area contributed by atoms with Gasteiger partial charge in [-0.2, -0.15) is 0 Å². The smallest absolute Gasteiger partial charge is 0.321 e. The fourth-order valence-corrected chi connectivity index (χ4v) is 2.70. The second-order valence-electron chi connectivity index (χ2n) is 5.39. The van der Waals surface area contributed by atoms with E-state index in [0.717, 1.165) is 19.3 Å². The van der Waals surface area contributed by atoms with E-state index in [1.165, 1.54) is 17.5 Å². The van der Waals surface area contributed by atoms with Crippen LogP contribution in [0, 0.1) is 0 Å². The summed E-state index contributed by atoms with van der Waals surface area (Å²) in [7, 11) is 0. The summed E-state index contributed by atoms with van der Waals surface area (Å²) in [5, 5.41) is 20.5. The Hall–Kier alpha value is -1.72. The number of Topliss-reactive ketones (excluding diaryl/α,β-unsaturated/α-hetero) is 1. The van der Waals surface area contributed by atoms with Crippen LogP contribution in [0.25, 0.3) is 0 Å². The highest BCUT2D eigenvalue weighted by molar-refractivity contribution is 5.99. The Labute approximate surface area is 124 Å². The maximum Gasteiger partial charge on any atom is 0.321 e. The number of aliphatic hydroxyl groups excluding tert-OH is 1. The number of ketones is 1. The minimum atomic E-state index is -1.07. The van der Waals surface area contributed by atoms with E-state index < -0.39 is 12.0 Å². The first-order valence-corrected chi connectivity index (χ1v) is 7.34. The molecule has 21 heavy (non-hydrogen) atoms. The molecule has 0 bridgehead atoms. The summed E-state index contributed by atoms with van der Waals surface area (Å²) in [5.74, 6) is -1.25. The largest absolute Gasteiger partial charge is 0.480 e. The minimum absolute atomic E-state index is 0.103. The average molecular weight is 291 g/mol. The number of fused-ring (bicyclic) bond motifs is 1. The number of carbonyl (C=O) groups excluding carboxylic acids is 1. The Morgan fingerprint density at radius 1 is 1.19 bits per heavy atom. The standard InChI is InChI=1S/C16H21NO4/c18-8-7-17-14(16(20)21)10-15(19)13-6-5-11-3-1-2-4-12(11)9-13/h5-6,9,14,17-18H,1-4,7-8,10H2,(H,20,21)/t14-/m1/s1. The number of hydrogen-bond donors (Lipinski definition) is 3. The van der Waals surface area contributed by atoms with Crippen LogP contribution in [0.2, 0.25) is 0 Å². The maximum atomic E-state index is 12.2. The Morgan fingerprint density at radius 3 is 2.57 bits per heavy atom. The quantitative estimate of drug-likeness (QED) is 0.657. The third-order valence-corrected chi connectivity index (χ3v) is 3.86. The van der Waals surface area contributed by atoms with Crippen molar-refractivity contribution in [3.05, 3.63) is 34.9 Å². The second-order valence-corrected chi connectivity index (χ2v) is 5.39. The summed E-state index contributed by atoms with van der Waals surface area (Å²) in [6.07, 6.45) is 4.27. The van der Waals surface area contributed by atoms with Crippen molar-refractivity contribution in [1.82, 2.24) is 5.32 Å². The van der Waals surface area contributed by atoms with Crippen molar-refractivity contribution in [2.24, 2.45) is 0 Å². The molecule has 0 saturated carbocycles. The van der Waals surface area contributed by atoms with E-state index >= 15 is 0 Å². The van der Waals surface area contributed by atoms with Gasteiger partial charge in [-0.05, 0) is 42.9 Å². The first-order chi connectivity index (χ1) is 10.1. The molecule has 5 heteroatoms. The number of benzene rings is 1. The van der Waals surface area contributed by atoms with Gasteiger partial charge in [0.15, 0.2) is 5.78 Å². The van der Waals surface area contributed by atoms with Gasteiger partial charge in [-0.3, -0.25) is 9.59 Å². The Kier molecular flexibility index (Phi) is 5.47. The number of carboxylic acid groups (broad SMARTS) is 1. The fourth-order valence-electron chi connectivity index (χ4n) is 2.70. The van der Waals surface area contributed by atoms with Crippen LogP contribution in [0.4, 0.5) is 0 Å². The van der Waals surface area contributed by atoms with E-state index in [0.29, 0.717) is 5.56 Å². The van der Waals surface area contributed by atoms with Gasteiger partial charge in [0.1, 0.15) is 6.04 Å². The zero-order chi connectivity index (χ0) is 15.2. The number of hydrogen-bond acceptors (Lipinski definition) is 4.